The van der Waals surface area contributed by atoms with Gasteiger partial charge in [-0.2, -0.15) is 0 Å². The van der Waals surface area contributed by atoms with Crippen molar-refractivity contribution in [3.8, 4) is 11.5 Å². The zero-order valence-electron chi connectivity index (χ0n) is 15.4. The molecule has 0 aliphatic heterocycles. The van der Waals surface area contributed by atoms with E-state index in [2.05, 4.69) is 0 Å². The minimum absolute atomic E-state index is 0.0969. The highest BCUT2D eigenvalue weighted by Crippen LogP contribution is 2.27. The average molecular weight is 387 g/mol. The first-order chi connectivity index (χ1) is 13.6. The van der Waals surface area contributed by atoms with E-state index >= 15 is 0 Å². The molecule has 4 N–H and O–H groups in total. The fourth-order valence-corrected chi connectivity index (χ4v) is 2.61. The number of carbonyl (C=O) groups excluding carboxylic acids is 1. The van der Waals surface area contributed by atoms with Gasteiger partial charge >= 0.3 is 0 Å². The topological polar surface area (TPSA) is 108 Å². The maximum atomic E-state index is 11.1. The summed E-state index contributed by atoms with van der Waals surface area (Å²) in [5.41, 5.74) is 2.15. The van der Waals surface area contributed by atoms with E-state index in [1.54, 1.807) is 42.5 Å². The largest absolute Gasteiger partial charge is 0.491 e. The zero-order valence-corrected chi connectivity index (χ0v) is 15.4. The predicted molar refractivity (Wildman–Crippen MR) is 103 cm³/mol. The Morgan fingerprint density at radius 1 is 1.11 bits per heavy atom. The van der Waals surface area contributed by atoms with Gasteiger partial charge in [-0.15, -0.1) is 0 Å². The van der Waals surface area contributed by atoms with Gasteiger partial charge in [-0.05, 0) is 42.7 Å². The van der Waals surface area contributed by atoms with Crippen LogP contribution in [-0.2, 0) is 4.79 Å². The van der Waals surface area contributed by atoms with Crippen LogP contribution < -0.4 is 15.0 Å². The van der Waals surface area contributed by atoms with E-state index in [4.69, 9.17) is 19.8 Å². The van der Waals surface area contributed by atoms with Crippen LogP contribution in [0.5, 0.6) is 11.5 Å². The molecule has 2 rings (SSSR count). The molecule has 7 nitrogen and oxygen atoms in total. The molecule has 28 heavy (non-hydrogen) atoms. The number of ether oxygens (including phenoxy) is 2. The molecule has 0 radical (unpaired) electrons. The summed E-state index contributed by atoms with van der Waals surface area (Å²) >= 11 is 0. The van der Waals surface area contributed by atoms with Crippen molar-refractivity contribution >= 4 is 5.91 Å². The Balaban J connectivity index is 2.12. The Morgan fingerprint density at radius 3 is 2.57 bits per heavy atom. The third-order valence-corrected chi connectivity index (χ3v) is 3.94. The van der Waals surface area contributed by atoms with Gasteiger partial charge in [-0.3, -0.25) is 10.0 Å². The van der Waals surface area contributed by atoms with Crippen molar-refractivity contribution in [1.29, 1.82) is 0 Å². The van der Waals surface area contributed by atoms with Crippen LogP contribution in [0.2, 0.25) is 0 Å². The summed E-state index contributed by atoms with van der Waals surface area (Å²) in [6, 6.07) is 16.1. The fraction of sp³-hybridized carbons (Fsp3) is 0.286. The SMILES string of the molecule is O=C(/C=C/CC[C@H](Oc1ccccc1)[C@@H](O)c1cccc(OCCO)c1)NO. The number of hydrogen-bond donors (Lipinski definition) is 4. The molecule has 2 atom stereocenters. The molecule has 2 aromatic carbocycles. The molecule has 0 bridgehead atoms. The number of para-hydroxylation sites is 1. The smallest absolute Gasteiger partial charge is 0.267 e. The second-order valence-electron chi connectivity index (χ2n) is 6.01. The van der Waals surface area contributed by atoms with E-state index in [0.717, 1.165) is 0 Å². The van der Waals surface area contributed by atoms with Gasteiger partial charge in [0.1, 0.15) is 30.3 Å². The van der Waals surface area contributed by atoms with Crippen molar-refractivity contribution in [2.45, 2.75) is 25.0 Å². The molecule has 0 fully saturated rings. The molecule has 0 saturated carbocycles. The Morgan fingerprint density at radius 2 is 1.86 bits per heavy atom. The standard InChI is InChI=1S/C21H25NO6/c23-13-14-27-18-10-6-7-16(15-18)21(25)19(11-4-5-12-20(24)22-26)28-17-8-2-1-3-9-17/h1-3,5-10,12,15,19,21,23,25-26H,4,11,13-14H2,(H,22,24)/b12-5+/t19-,21-/m0/s1. The summed E-state index contributed by atoms with van der Waals surface area (Å²) in [4.78, 5) is 11.1. The Bertz CT molecular complexity index is 750. The van der Waals surface area contributed by atoms with Gasteiger partial charge in [-0.25, -0.2) is 5.48 Å². The number of rotatable bonds is 11. The van der Waals surface area contributed by atoms with Crippen molar-refractivity contribution in [3.05, 3.63) is 72.3 Å². The molecule has 0 unspecified atom stereocenters. The second-order valence-corrected chi connectivity index (χ2v) is 6.01. The first-order valence-electron chi connectivity index (χ1n) is 8.98. The summed E-state index contributed by atoms with van der Waals surface area (Å²) in [5, 5.41) is 28.3. The van der Waals surface area contributed by atoms with Crippen LogP contribution in [0.3, 0.4) is 0 Å². The highest BCUT2D eigenvalue weighted by atomic mass is 16.5. The molecular weight excluding hydrogens is 362 g/mol. The summed E-state index contributed by atoms with van der Waals surface area (Å²) < 4.78 is 11.4. The number of aliphatic hydroxyl groups is 2. The lowest BCUT2D eigenvalue weighted by Crippen LogP contribution is -2.25. The minimum atomic E-state index is -0.932. The van der Waals surface area contributed by atoms with Crippen LogP contribution in [0.25, 0.3) is 0 Å². The first-order valence-corrected chi connectivity index (χ1v) is 8.98. The van der Waals surface area contributed by atoms with Gasteiger partial charge in [0.15, 0.2) is 0 Å². The number of carbonyl (C=O) groups is 1. The summed E-state index contributed by atoms with van der Waals surface area (Å²) in [6.07, 6.45) is 2.21. The second kappa shape index (κ2) is 11.8. The molecule has 0 heterocycles. The van der Waals surface area contributed by atoms with E-state index in [1.807, 2.05) is 18.2 Å². The summed E-state index contributed by atoms with van der Waals surface area (Å²) in [7, 11) is 0. The monoisotopic (exact) mass is 387 g/mol. The zero-order chi connectivity index (χ0) is 20.2. The maximum absolute atomic E-state index is 11.1. The normalized spacial score (nSPS) is 13.1. The number of nitrogens with one attached hydrogen (secondary N) is 1. The molecule has 0 aliphatic carbocycles. The van der Waals surface area contributed by atoms with Crippen LogP contribution in [0.1, 0.15) is 24.5 Å². The molecule has 2 aromatic rings. The van der Waals surface area contributed by atoms with Gasteiger partial charge in [0.2, 0.25) is 0 Å². The fourth-order valence-electron chi connectivity index (χ4n) is 2.61. The molecular formula is C21H25NO6. The lowest BCUT2D eigenvalue weighted by Gasteiger charge is -2.24. The predicted octanol–water partition coefficient (Wildman–Crippen LogP) is 2.38. The molecule has 0 saturated heterocycles. The number of hydrogen-bond acceptors (Lipinski definition) is 6. The molecule has 0 spiro atoms. The van der Waals surface area contributed by atoms with Gasteiger partial charge in [0, 0.05) is 6.08 Å². The van der Waals surface area contributed by atoms with Gasteiger partial charge in [-0.1, -0.05) is 36.4 Å². The first kappa shape index (κ1) is 21.4. The van der Waals surface area contributed by atoms with Gasteiger partial charge in [0.05, 0.1) is 6.61 Å². The number of allylic oxidation sites excluding steroid dienone is 1. The van der Waals surface area contributed by atoms with Crippen molar-refractivity contribution in [3.63, 3.8) is 0 Å². The molecule has 0 aromatic heterocycles. The van der Waals surface area contributed by atoms with E-state index in [-0.39, 0.29) is 13.2 Å². The van der Waals surface area contributed by atoms with Crippen LogP contribution in [0, 0.1) is 0 Å². The van der Waals surface area contributed by atoms with E-state index in [1.165, 1.54) is 11.6 Å². The Kier molecular flexibility index (Phi) is 9.00. The van der Waals surface area contributed by atoms with Crippen LogP contribution in [0.15, 0.2) is 66.7 Å². The maximum Gasteiger partial charge on any atom is 0.267 e. The van der Waals surface area contributed by atoms with Crippen LogP contribution >= 0.6 is 0 Å². The summed E-state index contributed by atoms with van der Waals surface area (Å²) in [6.45, 7) is 0.0709. The number of amides is 1. The highest BCUT2D eigenvalue weighted by Gasteiger charge is 2.23. The van der Waals surface area contributed by atoms with Crippen molar-refractivity contribution in [2.75, 3.05) is 13.2 Å². The van der Waals surface area contributed by atoms with Crippen molar-refractivity contribution in [2.24, 2.45) is 0 Å². The lowest BCUT2D eigenvalue weighted by molar-refractivity contribution is -0.124. The quantitative estimate of drug-likeness (QED) is 0.268. The minimum Gasteiger partial charge on any atom is -0.491 e. The van der Waals surface area contributed by atoms with Gasteiger partial charge in [0.25, 0.3) is 5.91 Å². The van der Waals surface area contributed by atoms with Crippen molar-refractivity contribution in [1.82, 2.24) is 5.48 Å². The van der Waals surface area contributed by atoms with Gasteiger partial charge < -0.3 is 19.7 Å². The molecule has 0 aliphatic rings. The third-order valence-electron chi connectivity index (χ3n) is 3.94. The van der Waals surface area contributed by atoms with Crippen LogP contribution in [0.4, 0.5) is 0 Å². The summed E-state index contributed by atoms with van der Waals surface area (Å²) in [5.74, 6) is 0.551. The third kappa shape index (κ3) is 7.03. The molecule has 1 amide bonds. The Labute approximate surface area is 163 Å². The van der Waals surface area contributed by atoms with Crippen molar-refractivity contribution < 1.29 is 29.7 Å². The number of hydroxylamine groups is 1. The van der Waals surface area contributed by atoms with E-state index in [0.29, 0.717) is 29.9 Å². The van der Waals surface area contributed by atoms with E-state index < -0.39 is 18.1 Å². The highest BCUT2D eigenvalue weighted by molar-refractivity contribution is 5.86. The van der Waals surface area contributed by atoms with Crippen LogP contribution in [-0.4, -0.2) is 40.6 Å². The van der Waals surface area contributed by atoms with E-state index in [9.17, 15) is 9.90 Å². The average Bonchev–Trinajstić information content (AvgIpc) is 2.74. The molecule has 7 heteroatoms. The Hall–Kier alpha value is -2.87. The number of aliphatic hydroxyl groups excluding tert-OH is 2. The molecule has 150 valence electrons. The lowest BCUT2D eigenvalue weighted by atomic mass is 10.00. The number of benzene rings is 2.